The summed E-state index contributed by atoms with van der Waals surface area (Å²) in [5.74, 6) is -1.07. The third kappa shape index (κ3) is 4.72. The summed E-state index contributed by atoms with van der Waals surface area (Å²) in [5, 5.41) is 12.1. The predicted molar refractivity (Wildman–Crippen MR) is 101 cm³/mol. The normalized spacial score (nSPS) is 14.3. The molecule has 0 saturated carbocycles. The number of benzene rings is 2. The van der Waals surface area contributed by atoms with Gasteiger partial charge in [0.15, 0.2) is 0 Å². The fourth-order valence-electron chi connectivity index (χ4n) is 3.55. The summed E-state index contributed by atoms with van der Waals surface area (Å²) < 4.78 is 0. The zero-order valence-corrected chi connectivity index (χ0v) is 15.1. The number of carbonyl (C=O) groups is 2. The topological polar surface area (TPSA) is 66.4 Å². The van der Waals surface area contributed by atoms with Crippen molar-refractivity contribution >= 4 is 11.9 Å². The zero-order valence-electron chi connectivity index (χ0n) is 15.1. The molecule has 0 aromatic heterocycles. The molecule has 4 nitrogen and oxygen atoms in total. The maximum absolute atomic E-state index is 12.5. The third-order valence-electron chi connectivity index (χ3n) is 4.97. The molecule has 0 spiro atoms. The summed E-state index contributed by atoms with van der Waals surface area (Å²) >= 11 is 0. The van der Waals surface area contributed by atoms with Gasteiger partial charge in [-0.1, -0.05) is 48.0 Å². The average molecular weight is 351 g/mol. The van der Waals surface area contributed by atoms with Crippen LogP contribution in [0.1, 0.15) is 53.1 Å². The van der Waals surface area contributed by atoms with Crippen LogP contribution in [0.3, 0.4) is 0 Å². The summed E-state index contributed by atoms with van der Waals surface area (Å²) in [4.78, 5) is 23.7. The zero-order chi connectivity index (χ0) is 18.5. The molecule has 3 rings (SSSR count). The number of fused-ring (bicyclic) bond motifs is 1. The Bertz CT molecular complexity index is 796. The molecule has 0 bridgehead atoms. The van der Waals surface area contributed by atoms with Gasteiger partial charge in [-0.25, -0.2) is 0 Å². The van der Waals surface area contributed by atoms with E-state index in [0.29, 0.717) is 0 Å². The highest BCUT2D eigenvalue weighted by molar-refractivity contribution is 5.80. The highest BCUT2D eigenvalue weighted by Crippen LogP contribution is 2.23. The van der Waals surface area contributed by atoms with Crippen molar-refractivity contribution in [2.75, 3.05) is 0 Å². The number of rotatable bonds is 6. The number of carboxylic acids is 1. The van der Waals surface area contributed by atoms with Crippen molar-refractivity contribution in [3.05, 3.63) is 70.3 Å². The van der Waals surface area contributed by atoms with Gasteiger partial charge in [0.2, 0.25) is 5.91 Å². The third-order valence-corrected chi connectivity index (χ3v) is 4.97. The van der Waals surface area contributed by atoms with Gasteiger partial charge in [-0.3, -0.25) is 9.59 Å². The van der Waals surface area contributed by atoms with Crippen molar-refractivity contribution in [2.24, 2.45) is 0 Å². The highest BCUT2D eigenvalue weighted by Gasteiger charge is 2.19. The Labute approximate surface area is 154 Å². The molecule has 1 atom stereocenters. The maximum Gasteiger partial charge on any atom is 0.305 e. The van der Waals surface area contributed by atoms with Gasteiger partial charge < -0.3 is 10.4 Å². The Morgan fingerprint density at radius 3 is 2.42 bits per heavy atom. The van der Waals surface area contributed by atoms with Crippen LogP contribution in [0.2, 0.25) is 0 Å². The lowest BCUT2D eigenvalue weighted by molar-refractivity contribution is -0.137. The molecule has 136 valence electrons. The molecule has 0 aliphatic heterocycles. The van der Waals surface area contributed by atoms with Crippen LogP contribution in [0.4, 0.5) is 0 Å². The first-order valence-electron chi connectivity index (χ1n) is 9.19. The lowest BCUT2D eigenvalue weighted by Gasteiger charge is -2.19. The Kier molecular flexibility index (Phi) is 5.71. The molecule has 4 heteroatoms. The number of aryl methyl sites for hydroxylation is 3. The molecule has 0 unspecified atom stereocenters. The van der Waals surface area contributed by atoms with E-state index in [-0.39, 0.29) is 18.7 Å². The quantitative estimate of drug-likeness (QED) is 0.833. The van der Waals surface area contributed by atoms with Crippen molar-refractivity contribution < 1.29 is 14.7 Å². The van der Waals surface area contributed by atoms with Crippen molar-refractivity contribution in [1.82, 2.24) is 5.32 Å². The minimum absolute atomic E-state index is 0.126. The molecular weight excluding hydrogens is 326 g/mol. The first-order chi connectivity index (χ1) is 12.5. The summed E-state index contributed by atoms with van der Waals surface area (Å²) in [7, 11) is 0. The van der Waals surface area contributed by atoms with Gasteiger partial charge in [-0.05, 0) is 54.9 Å². The van der Waals surface area contributed by atoms with Gasteiger partial charge in [0, 0.05) is 0 Å². The second kappa shape index (κ2) is 8.17. The minimum atomic E-state index is -0.926. The Morgan fingerprint density at radius 2 is 1.73 bits per heavy atom. The average Bonchev–Trinajstić information content (AvgIpc) is 2.61. The fourth-order valence-corrected chi connectivity index (χ4v) is 3.55. The molecule has 1 aliphatic rings. The Balaban J connectivity index is 1.69. The fraction of sp³-hybridized carbons (Fsp3) is 0.364. The van der Waals surface area contributed by atoms with Crippen molar-refractivity contribution in [3.63, 3.8) is 0 Å². The SMILES string of the molecule is Cc1ccc([C@@H](CC(=O)O)NC(=O)Cc2ccc3c(c2)CCCC3)cc1. The predicted octanol–water partition coefficient (Wildman–Crippen LogP) is 3.75. The number of carbonyl (C=O) groups excluding carboxylic acids is 1. The summed E-state index contributed by atoms with van der Waals surface area (Å²) in [5.41, 5.74) is 5.65. The maximum atomic E-state index is 12.5. The van der Waals surface area contributed by atoms with Crippen LogP contribution in [0, 0.1) is 6.92 Å². The Morgan fingerprint density at radius 1 is 1.04 bits per heavy atom. The van der Waals surface area contributed by atoms with Crippen molar-refractivity contribution in [3.8, 4) is 0 Å². The van der Waals surface area contributed by atoms with Gasteiger partial charge in [0.1, 0.15) is 0 Å². The first-order valence-corrected chi connectivity index (χ1v) is 9.19. The number of hydrogen-bond donors (Lipinski definition) is 2. The first kappa shape index (κ1) is 18.2. The van der Waals surface area contributed by atoms with Crippen LogP contribution < -0.4 is 5.32 Å². The molecule has 0 fully saturated rings. The van der Waals surface area contributed by atoms with E-state index in [1.807, 2.05) is 37.3 Å². The van der Waals surface area contributed by atoms with E-state index in [0.717, 1.165) is 29.5 Å². The van der Waals surface area contributed by atoms with Crippen molar-refractivity contribution in [2.45, 2.75) is 51.5 Å². The molecular formula is C22H25NO3. The van der Waals surface area contributed by atoms with E-state index < -0.39 is 12.0 Å². The van der Waals surface area contributed by atoms with Crippen LogP contribution in [0.15, 0.2) is 42.5 Å². The summed E-state index contributed by atoms with van der Waals surface area (Å²) in [6.45, 7) is 1.98. The minimum Gasteiger partial charge on any atom is -0.481 e. The van der Waals surface area contributed by atoms with Crippen LogP contribution in [0.25, 0.3) is 0 Å². The molecule has 0 heterocycles. The molecule has 2 N–H and O–H groups in total. The van der Waals surface area contributed by atoms with E-state index in [9.17, 15) is 14.7 Å². The van der Waals surface area contributed by atoms with E-state index in [1.165, 1.54) is 24.0 Å². The number of nitrogens with one attached hydrogen (secondary N) is 1. The largest absolute Gasteiger partial charge is 0.481 e. The molecule has 26 heavy (non-hydrogen) atoms. The summed E-state index contributed by atoms with van der Waals surface area (Å²) in [6.07, 6.45) is 4.79. The van der Waals surface area contributed by atoms with Crippen LogP contribution in [-0.2, 0) is 28.9 Å². The van der Waals surface area contributed by atoms with Gasteiger partial charge in [0.25, 0.3) is 0 Å². The van der Waals surface area contributed by atoms with Gasteiger partial charge >= 0.3 is 5.97 Å². The summed E-state index contributed by atoms with van der Waals surface area (Å²) in [6, 6.07) is 13.4. The lowest BCUT2D eigenvalue weighted by Crippen LogP contribution is -2.31. The molecule has 2 aromatic carbocycles. The molecule has 2 aromatic rings. The standard InChI is InChI=1S/C22H25NO3/c1-15-6-9-18(10-7-15)20(14-22(25)26)23-21(24)13-16-8-11-17-4-2-3-5-19(17)12-16/h6-12,20H,2-5,13-14H2,1H3,(H,23,24)(H,25,26)/t20-/m1/s1. The van der Waals surface area contributed by atoms with E-state index in [2.05, 4.69) is 17.4 Å². The van der Waals surface area contributed by atoms with Gasteiger partial charge in [0.05, 0.1) is 18.9 Å². The van der Waals surface area contributed by atoms with Crippen LogP contribution in [0.5, 0.6) is 0 Å². The van der Waals surface area contributed by atoms with Crippen LogP contribution in [-0.4, -0.2) is 17.0 Å². The number of carboxylic acid groups (broad SMARTS) is 1. The molecule has 0 radical (unpaired) electrons. The van der Waals surface area contributed by atoms with E-state index in [4.69, 9.17) is 0 Å². The second-order valence-electron chi connectivity index (χ2n) is 7.12. The van der Waals surface area contributed by atoms with E-state index in [1.54, 1.807) is 0 Å². The number of hydrogen-bond acceptors (Lipinski definition) is 2. The Hall–Kier alpha value is -2.62. The molecule has 1 amide bonds. The highest BCUT2D eigenvalue weighted by atomic mass is 16.4. The monoisotopic (exact) mass is 351 g/mol. The van der Waals surface area contributed by atoms with Gasteiger partial charge in [-0.2, -0.15) is 0 Å². The smallest absolute Gasteiger partial charge is 0.305 e. The van der Waals surface area contributed by atoms with E-state index >= 15 is 0 Å². The number of aliphatic carboxylic acids is 1. The number of amides is 1. The van der Waals surface area contributed by atoms with Crippen molar-refractivity contribution in [1.29, 1.82) is 0 Å². The van der Waals surface area contributed by atoms with Gasteiger partial charge in [-0.15, -0.1) is 0 Å². The molecule has 0 saturated heterocycles. The van der Waals surface area contributed by atoms with Crippen LogP contribution >= 0.6 is 0 Å². The second-order valence-corrected chi connectivity index (χ2v) is 7.12. The molecule has 1 aliphatic carbocycles. The lowest BCUT2D eigenvalue weighted by atomic mass is 9.90.